The van der Waals surface area contributed by atoms with Crippen LogP contribution >= 0.6 is 0 Å². The average molecular weight is 483 g/mol. The molecule has 2 aromatic carbocycles. The average Bonchev–Trinajstić information content (AvgIpc) is 2.87. The molecule has 0 N–H and O–H groups in total. The predicted molar refractivity (Wildman–Crippen MR) is 133 cm³/mol. The van der Waals surface area contributed by atoms with Crippen LogP contribution in [-0.4, -0.2) is 9.97 Å². The van der Waals surface area contributed by atoms with Crippen LogP contribution < -0.4 is 0 Å². The molecule has 4 aromatic rings. The fourth-order valence-electron chi connectivity index (χ4n) is 5.01. The molecule has 1 atom stereocenters. The van der Waals surface area contributed by atoms with Crippen LogP contribution in [0.5, 0.6) is 0 Å². The van der Waals surface area contributed by atoms with Crippen molar-refractivity contribution >= 4 is 21.8 Å². The number of fused-ring (bicyclic) bond motifs is 3. The first-order chi connectivity index (χ1) is 16.6. The van der Waals surface area contributed by atoms with Crippen LogP contribution in [0.1, 0.15) is 70.6 Å². The van der Waals surface area contributed by atoms with Crippen LogP contribution in [0.4, 0.5) is 17.6 Å². The van der Waals surface area contributed by atoms with Crippen LogP contribution in [0, 0.1) is 23.3 Å². The van der Waals surface area contributed by atoms with Crippen LogP contribution in [0.15, 0.2) is 42.7 Å². The second-order valence-corrected chi connectivity index (χ2v) is 9.92. The molecule has 0 aliphatic heterocycles. The van der Waals surface area contributed by atoms with Gasteiger partial charge < -0.3 is 0 Å². The van der Waals surface area contributed by atoms with Gasteiger partial charge in [-0.15, -0.1) is 0 Å². The summed E-state index contributed by atoms with van der Waals surface area (Å²) in [5.74, 6) is -5.20. The van der Waals surface area contributed by atoms with Crippen LogP contribution in [0.2, 0.25) is 0 Å². The number of hydrogen-bond donors (Lipinski definition) is 0. The highest BCUT2D eigenvalue weighted by molar-refractivity contribution is 6.02. The lowest BCUT2D eigenvalue weighted by atomic mass is 9.72. The fraction of sp³-hybridized carbons (Fsp3) is 0.379. The van der Waals surface area contributed by atoms with Crippen LogP contribution in [-0.2, 0) is 17.3 Å². The van der Waals surface area contributed by atoms with Gasteiger partial charge in [0.25, 0.3) is 0 Å². The summed E-state index contributed by atoms with van der Waals surface area (Å²) in [7, 11) is 0. The zero-order valence-electron chi connectivity index (χ0n) is 20.8. The first-order valence-electron chi connectivity index (χ1n) is 12.1. The van der Waals surface area contributed by atoms with Crippen molar-refractivity contribution in [2.24, 2.45) is 0 Å². The van der Waals surface area contributed by atoms with E-state index < -0.39 is 45.2 Å². The van der Waals surface area contributed by atoms with E-state index in [2.05, 4.69) is 9.97 Å². The van der Waals surface area contributed by atoms with Gasteiger partial charge >= 0.3 is 0 Å². The van der Waals surface area contributed by atoms with E-state index in [9.17, 15) is 0 Å². The summed E-state index contributed by atoms with van der Waals surface area (Å²) in [6, 6.07) is 9.56. The van der Waals surface area contributed by atoms with Crippen LogP contribution in [0.25, 0.3) is 21.8 Å². The molecule has 2 heterocycles. The number of pyridine rings is 2. The smallest absolute Gasteiger partial charge is 0.166 e. The van der Waals surface area contributed by atoms with Gasteiger partial charge in [0.05, 0.1) is 11.0 Å². The van der Waals surface area contributed by atoms with Crippen molar-refractivity contribution in [3.8, 4) is 0 Å². The van der Waals surface area contributed by atoms with Gasteiger partial charge in [-0.3, -0.25) is 9.97 Å². The van der Waals surface area contributed by atoms with Gasteiger partial charge in [0.2, 0.25) is 0 Å². The molecule has 1 unspecified atom stereocenters. The second-order valence-electron chi connectivity index (χ2n) is 9.92. The Morgan fingerprint density at radius 2 is 1.20 bits per heavy atom. The molecule has 6 heteroatoms. The Hall–Kier alpha value is -3.02. The molecule has 35 heavy (non-hydrogen) atoms. The van der Waals surface area contributed by atoms with E-state index in [1.807, 2.05) is 30.3 Å². The molecule has 184 valence electrons. The maximum atomic E-state index is 15.5. The van der Waals surface area contributed by atoms with Crippen LogP contribution in [0.3, 0.4) is 0 Å². The van der Waals surface area contributed by atoms with E-state index >= 15 is 17.6 Å². The third-order valence-electron chi connectivity index (χ3n) is 7.89. The molecule has 0 saturated carbocycles. The Balaban J connectivity index is 1.83. The summed E-state index contributed by atoms with van der Waals surface area (Å²) in [5.41, 5.74) is -1.04. The maximum Gasteiger partial charge on any atom is 0.166 e. The molecule has 0 spiro atoms. The lowest BCUT2D eigenvalue weighted by Gasteiger charge is -2.33. The highest BCUT2D eigenvalue weighted by atomic mass is 19.2. The molecule has 0 amide bonds. The van der Waals surface area contributed by atoms with Gasteiger partial charge in [-0.1, -0.05) is 52.8 Å². The Labute approximate surface area is 203 Å². The SMILES string of the molecule is CCC(C)(CC)c1c(F)c(F)c(C(C)(CC)Cc2cnc3c(ccc4cccnc43)c2)c(F)c1F. The normalized spacial score (nSPS) is 14.0. The highest BCUT2D eigenvalue weighted by Crippen LogP contribution is 2.43. The summed E-state index contributed by atoms with van der Waals surface area (Å²) >= 11 is 0. The first-order valence-corrected chi connectivity index (χ1v) is 12.1. The van der Waals surface area contributed by atoms with E-state index in [0.29, 0.717) is 18.4 Å². The Morgan fingerprint density at radius 3 is 1.77 bits per heavy atom. The molecule has 0 aliphatic rings. The maximum absolute atomic E-state index is 15.5. The Kier molecular flexibility index (Phi) is 6.60. The zero-order valence-corrected chi connectivity index (χ0v) is 20.8. The van der Waals surface area contributed by atoms with Gasteiger partial charge in [-0.05, 0) is 48.8 Å². The summed E-state index contributed by atoms with van der Waals surface area (Å²) < 4.78 is 61.7. The number of nitrogens with zero attached hydrogens (tertiary/aromatic N) is 2. The second kappa shape index (κ2) is 9.21. The molecule has 4 rings (SSSR count). The van der Waals surface area contributed by atoms with Crippen molar-refractivity contribution in [1.29, 1.82) is 0 Å². The molecular formula is C29H30F4N2. The molecule has 0 saturated heterocycles. The van der Waals surface area contributed by atoms with Gasteiger partial charge in [-0.2, -0.15) is 0 Å². The predicted octanol–water partition coefficient (Wildman–Crippen LogP) is 8.33. The molecular weight excluding hydrogens is 452 g/mol. The molecule has 0 fully saturated rings. The number of hydrogen-bond acceptors (Lipinski definition) is 2. The van der Waals surface area contributed by atoms with Gasteiger partial charge in [0, 0.05) is 39.7 Å². The zero-order chi connectivity index (χ0) is 25.5. The van der Waals surface area contributed by atoms with E-state index in [0.717, 1.165) is 21.8 Å². The fourth-order valence-corrected chi connectivity index (χ4v) is 5.01. The van der Waals surface area contributed by atoms with Crippen molar-refractivity contribution in [1.82, 2.24) is 9.97 Å². The van der Waals surface area contributed by atoms with Crippen molar-refractivity contribution in [3.05, 3.63) is 82.7 Å². The number of benzene rings is 2. The molecule has 0 bridgehead atoms. The minimum absolute atomic E-state index is 0.164. The lowest BCUT2D eigenvalue weighted by Crippen LogP contribution is -2.32. The molecule has 0 radical (unpaired) electrons. The van der Waals surface area contributed by atoms with Crippen molar-refractivity contribution in [2.75, 3.05) is 0 Å². The van der Waals surface area contributed by atoms with Crippen molar-refractivity contribution < 1.29 is 17.6 Å². The monoisotopic (exact) mass is 482 g/mol. The quantitative estimate of drug-likeness (QED) is 0.150. The van der Waals surface area contributed by atoms with Crippen molar-refractivity contribution in [2.45, 2.75) is 71.1 Å². The van der Waals surface area contributed by atoms with E-state index in [4.69, 9.17) is 0 Å². The molecule has 0 aliphatic carbocycles. The van der Waals surface area contributed by atoms with E-state index in [1.54, 1.807) is 47.0 Å². The highest BCUT2D eigenvalue weighted by Gasteiger charge is 2.40. The first kappa shape index (κ1) is 25.1. The molecule has 2 aromatic heterocycles. The summed E-state index contributed by atoms with van der Waals surface area (Å²) in [6.45, 7) is 8.54. The summed E-state index contributed by atoms with van der Waals surface area (Å²) in [4.78, 5) is 8.99. The van der Waals surface area contributed by atoms with Gasteiger partial charge in [-0.25, -0.2) is 17.6 Å². The lowest BCUT2D eigenvalue weighted by molar-refractivity contribution is 0.329. The number of halogens is 4. The minimum atomic E-state index is -1.31. The Bertz CT molecular complexity index is 1380. The standard InChI is InChI=1S/C29H30F4N2/c1-6-28(4,7-2)20-22(30)24(32)21(25(33)23(20)31)29(5,8-3)15-17-14-19-12-11-18-10-9-13-34-26(18)27(19)35-16-17/h9-14,16H,6-8,15H2,1-5H3. The van der Waals surface area contributed by atoms with Crippen molar-refractivity contribution in [3.63, 3.8) is 0 Å². The summed E-state index contributed by atoms with van der Waals surface area (Å²) in [5, 5.41) is 1.79. The Morgan fingerprint density at radius 1 is 0.686 bits per heavy atom. The van der Waals surface area contributed by atoms with E-state index in [-0.39, 0.29) is 12.8 Å². The third-order valence-corrected chi connectivity index (χ3v) is 7.89. The number of aromatic nitrogens is 2. The molecule has 2 nitrogen and oxygen atoms in total. The third kappa shape index (κ3) is 4.07. The largest absolute Gasteiger partial charge is 0.254 e. The summed E-state index contributed by atoms with van der Waals surface area (Å²) in [6.07, 6.45) is 4.49. The topological polar surface area (TPSA) is 25.8 Å². The van der Waals surface area contributed by atoms with Gasteiger partial charge in [0.15, 0.2) is 23.3 Å². The van der Waals surface area contributed by atoms with Gasteiger partial charge in [0.1, 0.15) is 0 Å². The minimum Gasteiger partial charge on any atom is -0.254 e. The number of rotatable bonds is 7. The van der Waals surface area contributed by atoms with E-state index in [1.165, 1.54) is 0 Å².